The number of hydrogen-bond acceptors (Lipinski definition) is 6. The first kappa shape index (κ1) is 22.2. The van der Waals surface area contributed by atoms with E-state index in [-0.39, 0.29) is 11.9 Å². The maximum absolute atomic E-state index is 12.8. The number of halogens is 3. The molecule has 6 rings (SSSR count). The topological polar surface area (TPSA) is 78.4 Å². The van der Waals surface area contributed by atoms with Crippen molar-refractivity contribution in [3.8, 4) is 17.0 Å². The van der Waals surface area contributed by atoms with E-state index in [9.17, 15) is 13.2 Å². The third-order valence-corrected chi connectivity index (χ3v) is 8.35. The number of nitrogens with two attached hydrogens (primary N) is 1. The minimum Gasteiger partial charge on any atom is -0.402 e. The minimum atomic E-state index is -4.83. The molecule has 2 aliphatic heterocycles. The number of alkyl halides is 3. The predicted molar refractivity (Wildman–Crippen MR) is 119 cm³/mol. The molecule has 34 heavy (non-hydrogen) atoms. The summed E-state index contributed by atoms with van der Waals surface area (Å²) in [6.07, 6.45) is 1.54. The van der Waals surface area contributed by atoms with Gasteiger partial charge < -0.3 is 15.2 Å². The van der Waals surface area contributed by atoms with E-state index in [1.807, 2.05) is 6.07 Å². The van der Waals surface area contributed by atoms with Crippen molar-refractivity contribution < 1.29 is 22.6 Å². The van der Waals surface area contributed by atoms with Crippen LogP contribution in [0.5, 0.6) is 5.75 Å². The lowest BCUT2D eigenvalue weighted by Crippen LogP contribution is -2.43. The van der Waals surface area contributed by atoms with Crippen molar-refractivity contribution in [2.24, 2.45) is 11.8 Å². The molecule has 0 radical (unpaired) electrons. The summed E-state index contributed by atoms with van der Waals surface area (Å²) in [6.45, 7) is 6.19. The van der Waals surface area contributed by atoms with Gasteiger partial charge in [-0.1, -0.05) is 6.92 Å². The summed E-state index contributed by atoms with van der Waals surface area (Å²) in [7, 11) is 0. The van der Waals surface area contributed by atoms with Crippen LogP contribution < -0.4 is 10.5 Å². The molecule has 2 N–H and O–H groups in total. The molecule has 7 nitrogen and oxygen atoms in total. The number of nitrogen functional groups attached to an aromatic ring is 1. The van der Waals surface area contributed by atoms with Crippen molar-refractivity contribution >= 4 is 5.82 Å². The first-order valence-electron chi connectivity index (χ1n) is 12.2. The van der Waals surface area contributed by atoms with Crippen LogP contribution in [0.3, 0.4) is 0 Å². The number of morpholine rings is 1. The van der Waals surface area contributed by atoms with Crippen LogP contribution >= 0.6 is 0 Å². The molecule has 2 aromatic heterocycles. The third-order valence-electron chi connectivity index (χ3n) is 8.35. The summed E-state index contributed by atoms with van der Waals surface area (Å²) in [5.41, 5.74) is 7.86. The van der Waals surface area contributed by atoms with Crippen LogP contribution in [0.1, 0.15) is 57.2 Å². The molecule has 4 heterocycles. The van der Waals surface area contributed by atoms with Gasteiger partial charge in [0.25, 0.3) is 0 Å². The molecule has 184 valence electrons. The summed E-state index contributed by atoms with van der Waals surface area (Å²) in [5.74, 6) is 0.943. The van der Waals surface area contributed by atoms with Gasteiger partial charge in [0.15, 0.2) is 11.6 Å². The average Bonchev–Trinajstić information content (AvgIpc) is 3.37. The van der Waals surface area contributed by atoms with Gasteiger partial charge in [-0.25, -0.2) is 4.98 Å². The first-order chi connectivity index (χ1) is 16.2. The van der Waals surface area contributed by atoms with Gasteiger partial charge in [-0.15, -0.1) is 13.2 Å². The van der Waals surface area contributed by atoms with Gasteiger partial charge in [0.05, 0.1) is 18.4 Å². The van der Waals surface area contributed by atoms with E-state index in [0.29, 0.717) is 47.2 Å². The predicted octanol–water partition coefficient (Wildman–Crippen LogP) is 4.36. The van der Waals surface area contributed by atoms with Gasteiger partial charge in [-0.3, -0.25) is 9.58 Å². The molecule has 2 aliphatic carbocycles. The number of anilines is 1. The lowest BCUT2D eigenvalue weighted by atomic mass is 10.0. The Kier molecular flexibility index (Phi) is 5.11. The molecule has 4 aliphatic rings. The monoisotopic (exact) mass is 477 g/mol. The third kappa shape index (κ3) is 3.75. The lowest BCUT2D eigenvalue weighted by Gasteiger charge is -2.33. The second-order valence-electron chi connectivity index (χ2n) is 10.3. The number of nitrogens with zero attached hydrogens (tertiary/aromatic N) is 4. The zero-order valence-corrected chi connectivity index (χ0v) is 19.3. The second-order valence-corrected chi connectivity index (χ2v) is 10.3. The molecule has 5 unspecified atom stereocenters. The fraction of sp³-hybridized carbons (Fsp3) is 0.667. The fourth-order valence-corrected chi connectivity index (χ4v) is 6.52. The molecule has 0 amide bonds. The van der Waals surface area contributed by atoms with Crippen LogP contribution in [-0.2, 0) is 4.74 Å². The van der Waals surface area contributed by atoms with Crippen molar-refractivity contribution in [3.05, 3.63) is 24.0 Å². The number of likely N-dealkylation sites (tertiary alicyclic amines) is 1. The maximum atomic E-state index is 12.8. The number of ether oxygens (including phenoxy) is 2. The summed E-state index contributed by atoms with van der Waals surface area (Å²) < 4.78 is 50.2. The van der Waals surface area contributed by atoms with E-state index in [4.69, 9.17) is 15.6 Å². The second kappa shape index (κ2) is 7.84. The SMILES string of the molecule is CCC(C)n1nc(-c2cnc(N)c(OC(F)(F)F)c2)cc1C1C2CC(N3CC4CC3CO4)CC21. The van der Waals surface area contributed by atoms with Crippen LogP contribution in [0.2, 0.25) is 0 Å². The van der Waals surface area contributed by atoms with Gasteiger partial charge in [-0.05, 0) is 56.6 Å². The Bertz CT molecular complexity index is 1080. The number of fused-ring (bicyclic) bond motifs is 3. The van der Waals surface area contributed by atoms with Crippen LogP contribution in [0.15, 0.2) is 18.3 Å². The highest BCUT2D eigenvalue weighted by Gasteiger charge is 2.60. The highest BCUT2D eigenvalue weighted by atomic mass is 19.4. The Hall–Kier alpha value is -2.33. The number of rotatable bonds is 6. The van der Waals surface area contributed by atoms with Crippen LogP contribution in [-0.4, -0.2) is 57.4 Å². The normalized spacial score (nSPS) is 33.3. The van der Waals surface area contributed by atoms with Gasteiger partial charge in [0.1, 0.15) is 0 Å². The zero-order chi connectivity index (χ0) is 23.8. The molecule has 2 saturated heterocycles. The smallest absolute Gasteiger partial charge is 0.402 e. The zero-order valence-electron chi connectivity index (χ0n) is 19.3. The van der Waals surface area contributed by atoms with Crippen molar-refractivity contribution in [2.45, 2.75) is 76.0 Å². The molecule has 10 heteroatoms. The van der Waals surface area contributed by atoms with E-state index < -0.39 is 12.1 Å². The highest BCUT2D eigenvalue weighted by Crippen LogP contribution is 2.64. The molecule has 4 fully saturated rings. The molecular formula is C24H30F3N5O2. The van der Waals surface area contributed by atoms with Gasteiger partial charge in [0.2, 0.25) is 0 Å². The Morgan fingerprint density at radius 1 is 1.21 bits per heavy atom. The van der Waals surface area contributed by atoms with Crippen LogP contribution in [0.25, 0.3) is 11.3 Å². The van der Waals surface area contributed by atoms with Crippen LogP contribution in [0.4, 0.5) is 19.0 Å². The van der Waals surface area contributed by atoms with Gasteiger partial charge >= 0.3 is 6.36 Å². The van der Waals surface area contributed by atoms with Crippen molar-refractivity contribution in [1.82, 2.24) is 19.7 Å². The van der Waals surface area contributed by atoms with Gasteiger partial charge in [0, 0.05) is 48.0 Å². The molecule has 0 spiro atoms. The van der Waals surface area contributed by atoms with E-state index >= 15 is 0 Å². The fourth-order valence-electron chi connectivity index (χ4n) is 6.52. The summed E-state index contributed by atoms with van der Waals surface area (Å²) in [5, 5.41) is 4.81. The number of aromatic nitrogens is 3. The number of hydrogen-bond donors (Lipinski definition) is 1. The Morgan fingerprint density at radius 3 is 2.59 bits per heavy atom. The summed E-state index contributed by atoms with van der Waals surface area (Å²) in [6, 6.07) is 4.74. The molecule has 5 atom stereocenters. The van der Waals surface area contributed by atoms with E-state index in [2.05, 4.69) is 33.2 Å². The Labute approximate surface area is 196 Å². The summed E-state index contributed by atoms with van der Waals surface area (Å²) >= 11 is 0. The molecule has 2 aromatic rings. The maximum Gasteiger partial charge on any atom is 0.573 e. The molecule has 2 saturated carbocycles. The van der Waals surface area contributed by atoms with Gasteiger partial charge in [-0.2, -0.15) is 5.10 Å². The van der Waals surface area contributed by atoms with Crippen molar-refractivity contribution in [1.29, 1.82) is 0 Å². The van der Waals surface area contributed by atoms with E-state index in [1.54, 1.807) is 0 Å². The average molecular weight is 478 g/mol. The van der Waals surface area contributed by atoms with E-state index in [0.717, 1.165) is 19.6 Å². The van der Waals surface area contributed by atoms with Crippen molar-refractivity contribution in [2.75, 3.05) is 18.9 Å². The first-order valence-corrected chi connectivity index (χ1v) is 12.2. The Morgan fingerprint density at radius 2 is 1.97 bits per heavy atom. The largest absolute Gasteiger partial charge is 0.573 e. The van der Waals surface area contributed by atoms with Crippen LogP contribution in [0, 0.1) is 11.8 Å². The molecule has 2 bridgehead atoms. The summed E-state index contributed by atoms with van der Waals surface area (Å²) in [4.78, 5) is 6.60. The molecule has 0 aromatic carbocycles. The lowest BCUT2D eigenvalue weighted by molar-refractivity contribution is -0.274. The Balaban J connectivity index is 1.24. The minimum absolute atomic E-state index is 0.194. The highest BCUT2D eigenvalue weighted by molar-refractivity contribution is 5.64. The molecular weight excluding hydrogens is 447 g/mol. The van der Waals surface area contributed by atoms with Crippen molar-refractivity contribution in [3.63, 3.8) is 0 Å². The standard InChI is InChI=1S/C24H30F3N5O2/c1-3-12(2)32-20(8-19(30-32)13-4-21(23(28)29-9-13)34-24(25,26)27)22-17-6-14(7-18(17)22)31-10-16-5-15(31)11-33-16/h4,8-9,12,14-18,22H,3,5-7,10-11H2,1-2H3,(H2,28,29). The van der Waals surface area contributed by atoms with E-state index in [1.165, 1.54) is 37.2 Å². The quantitative estimate of drug-likeness (QED) is 0.666. The number of pyridine rings is 1.